The Morgan fingerprint density at radius 1 is 1.46 bits per heavy atom. The van der Waals surface area contributed by atoms with Crippen LogP contribution in [0.2, 0.25) is 0 Å². The number of halogens is 1. The van der Waals surface area contributed by atoms with Gasteiger partial charge in [-0.25, -0.2) is 26.6 Å². The topological polar surface area (TPSA) is 121 Å². The van der Waals surface area contributed by atoms with Crippen LogP contribution in [0, 0.1) is 0 Å². The maximum Gasteiger partial charge on any atom is 0.245 e. The Morgan fingerprint density at radius 2 is 2.12 bits per heavy atom. The third-order valence-electron chi connectivity index (χ3n) is 4.03. The molecular formula is C12H17BrN2O6S3. The Hall–Kier alpha value is -0.530. The van der Waals surface area contributed by atoms with E-state index in [0.29, 0.717) is 8.66 Å². The molecule has 24 heavy (non-hydrogen) atoms. The van der Waals surface area contributed by atoms with E-state index in [1.165, 1.54) is 16.8 Å². The lowest BCUT2D eigenvalue weighted by molar-refractivity contribution is -0.129. The number of hydrogen-bond acceptors (Lipinski definition) is 7. The number of rotatable bonds is 4. The van der Waals surface area contributed by atoms with Crippen LogP contribution in [0.1, 0.15) is 17.7 Å². The van der Waals surface area contributed by atoms with E-state index in [1.807, 2.05) is 0 Å². The number of carbonyl (C=O) groups is 1. The van der Waals surface area contributed by atoms with Crippen molar-refractivity contribution >= 4 is 53.0 Å². The normalized spacial score (nSPS) is 25.1. The molecule has 1 aliphatic rings. The number of thiophene rings is 1. The Bertz CT molecular complexity index is 835. The van der Waals surface area contributed by atoms with Crippen LogP contribution in [0.4, 0.5) is 0 Å². The summed E-state index contributed by atoms with van der Waals surface area (Å²) >= 11 is 4.45. The van der Waals surface area contributed by atoms with Crippen LogP contribution in [0.25, 0.3) is 0 Å². The van der Waals surface area contributed by atoms with Gasteiger partial charge in [0.2, 0.25) is 15.9 Å². The molecule has 8 nitrogen and oxygen atoms in total. The number of nitrogens with zero attached hydrogens (tertiary/aromatic N) is 1. The molecule has 0 radical (unpaired) electrons. The minimum absolute atomic E-state index is 0.0215. The first-order valence-corrected chi connectivity index (χ1v) is 12.0. The second-order valence-electron chi connectivity index (χ2n) is 5.54. The molecule has 1 saturated heterocycles. The van der Waals surface area contributed by atoms with Crippen LogP contribution in [0.3, 0.4) is 0 Å². The number of carbonyl (C=O) groups excluding carboxylic acids is 1. The van der Waals surface area contributed by atoms with Crippen molar-refractivity contribution in [1.29, 1.82) is 0 Å². The third-order valence-corrected chi connectivity index (χ3v) is 9.77. The van der Waals surface area contributed by atoms with Crippen molar-refractivity contribution in [2.24, 2.45) is 0 Å². The maximum atomic E-state index is 13.0. The van der Waals surface area contributed by atoms with Crippen LogP contribution in [0.5, 0.6) is 0 Å². The molecular weight excluding hydrogens is 444 g/mol. The van der Waals surface area contributed by atoms with E-state index in [-0.39, 0.29) is 19.5 Å². The van der Waals surface area contributed by atoms with Crippen molar-refractivity contribution in [3.63, 3.8) is 0 Å². The van der Waals surface area contributed by atoms with E-state index >= 15 is 0 Å². The molecule has 1 aromatic rings. The largest absolute Gasteiger partial charge is 0.289 e. The standard InChI is InChI=1S/C12H17BrN2O6S3/c1-23(18,19)15-5-4-12(8-11(16)14-17,24(20,21)7-6-15)9-2-3-10(13)22-9/h2-3,17H,4-8H2,1H3,(H,14,16). The van der Waals surface area contributed by atoms with Gasteiger partial charge in [-0.3, -0.25) is 10.0 Å². The lowest BCUT2D eigenvalue weighted by atomic mass is 9.97. The Morgan fingerprint density at radius 3 is 2.62 bits per heavy atom. The van der Waals surface area contributed by atoms with Gasteiger partial charge < -0.3 is 0 Å². The van der Waals surface area contributed by atoms with Crippen molar-refractivity contribution < 1.29 is 26.8 Å². The minimum atomic E-state index is -3.85. The van der Waals surface area contributed by atoms with Gasteiger partial charge in [0.1, 0.15) is 4.75 Å². The van der Waals surface area contributed by atoms with E-state index in [9.17, 15) is 21.6 Å². The van der Waals surface area contributed by atoms with Gasteiger partial charge >= 0.3 is 0 Å². The molecule has 1 amide bonds. The molecule has 0 saturated carbocycles. The van der Waals surface area contributed by atoms with Crippen LogP contribution in [-0.4, -0.2) is 57.4 Å². The zero-order valence-corrected chi connectivity index (χ0v) is 16.8. The molecule has 1 atom stereocenters. The van der Waals surface area contributed by atoms with Crippen LogP contribution < -0.4 is 5.48 Å². The molecule has 2 N–H and O–H groups in total. The molecule has 136 valence electrons. The third kappa shape index (κ3) is 3.83. The van der Waals surface area contributed by atoms with Crippen molar-refractivity contribution in [2.45, 2.75) is 17.6 Å². The van der Waals surface area contributed by atoms with Gasteiger partial charge in [-0.05, 0) is 34.5 Å². The van der Waals surface area contributed by atoms with E-state index < -0.39 is 42.7 Å². The summed E-state index contributed by atoms with van der Waals surface area (Å²) in [5, 5.41) is 8.85. The second kappa shape index (κ2) is 7.00. The first-order chi connectivity index (χ1) is 11.0. The molecule has 0 spiro atoms. The summed E-state index contributed by atoms with van der Waals surface area (Å²) in [4.78, 5) is 12.2. The zero-order valence-electron chi connectivity index (χ0n) is 12.7. The molecule has 1 aromatic heterocycles. The zero-order chi connectivity index (χ0) is 18.2. The lowest BCUT2D eigenvalue weighted by Crippen LogP contribution is -2.41. The molecule has 1 aliphatic heterocycles. The van der Waals surface area contributed by atoms with Gasteiger partial charge in [0, 0.05) is 18.0 Å². The first-order valence-electron chi connectivity index (χ1n) is 6.88. The smallest absolute Gasteiger partial charge is 0.245 e. The average molecular weight is 461 g/mol. The number of hydroxylamine groups is 1. The Kier molecular flexibility index (Phi) is 5.77. The molecule has 0 aliphatic carbocycles. The van der Waals surface area contributed by atoms with Crippen LogP contribution >= 0.6 is 27.3 Å². The van der Waals surface area contributed by atoms with Crippen LogP contribution in [-0.2, 0) is 29.4 Å². The fraction of sp³-hybridized carbons (Fsp3) is 0.583. The summed E-state index contributed by atoms with van der Waals surface area (Å²) in [6, 6.07) is 3.28. The highest BCUT2D eigenvalue weighted by atomic mass is 79.9. The van der Waals surface area contributed by atoms with Crippen LogP contribution in [0.15, 0.2) is 15.9 Å². The SMILES string of the molecule is CS(=O)(=O)N1CCC(CC(=O)NO)(c2ccc(Br)s2)S(=O)(=O)CC1. The fourth-order valence-electron chi connectivity index (χ4n) is 2.74. The molecule has 1 unspecified atom stereocenters. The van der Waals surface area contributed by atoms with Gasteiger partial charge in [-0.1, -0.05) is 0 Å². The predicted molar refractivity (Wildman–Crippen MR) is 93.1 cm³/mol. The number of sulfone groups is 1. The van der Waals surface area contributed by atoms with E-state index in [2.05, 4.69) is 15.9 Å². The monoisotopic (exact) mass is 460 g/mol. The van der Waals surface area contributed by atoms with Gasteiger partial charge in [0.25, 0.3) is 0 Å². The molecule has 2 heterocycles. The van der Waals surface area contributed by atoms with E-state index in [4.69, 9.17) is 5.21 Å². The molecule has 0 aromatic carbocycles. The van der Waals surface area contributed by atoms with Crippen molar-refractivity contribution in [3.05, 3.63) is 20.8 Å². The highest BCUT2D eigenvalue weighted by molar-refractivity contribution is 9.11. The molecule has 1 fully saturated rings. The number of amides is 1. The average Bonchev–Trinajstić information content (AvgIpc) is 2.84. The van der Waals surface area contributed by atoms with Gasteiger partial charge in [0.05, 0.1) is 22.2 Å². The highest BCUT2D eigenvalue weighted by Gasteiger charge is 2.50. The predicted octanol–water partition coefficient (Wildman–Crippen LogP) is 0.682. The van der Waals surface area contributed by atoms with E-state index in [1.54, 1.807) is 12.1 Å². The Labute approximate surface area is 152 Å². The lowest BCUT2D eigenvalue weighted by Gasteiger charge is -2.30. The summed E-state index contributed by atoms with van der Waals surface area (Å²) < 4.78 is 49.7. The van der Waals surface area contributed by atoms with Gasteiger partial charge in [-0.2, -0.15) is 0 Å². The van der Waals surface area contributed by atoms with Gasteiger partial charge in [-0.15, -0.1) is 11.3 Å². The number of hydrogen-bond donors (Lipinski definition) is 2. The number of sulfonamides is 1. The molecule has 0 bridgehead atoms. The fourth-order valence-corrected chi connectivity index (χ4v) is 7.69. The quantitative estimate of drug-likeness (QED) is 0.503. The maximum absolute atomic E-state index is 13.0. The number of nitrogens with one attached hydrogen (secondary N) is 1. The molecule has 12 heteroatoms. The summed E-state index contributed by atoms with van der Waals surface area (Å²) in [6.07, 6.45) is 0.480. The first kappa shape index (κ1) is 19.8. The second-order valence-corrected chi connectivity index (χ2v) is 12.4. The molecule has 2 rings (SSSR count). The Balaban J connectivity index is 2.56. The van der Waals surface area contributed by atoms with Crippen molar-refractivity contribution in [3.8, 4) is 0 Å². The van der Waals surface area contributed by atoms with Gasteiger partial charge in [0.15, 0.2) is 9.84 Å². The van der Waals surface area contributed by atoms with Crippen molar-refractivity contribution in [2.75, 3.05) is 25.1 Å². The summed E-state index contributed by atoms with van der Waals surface area (Å²) in [5.41, 5.74) is 1.47. The summed E-state index contributed by atoms with van der Waals surface area (Å²) in [5.74, 6) is -1.23. The highest BCUT2D eigenvalue weighted by Crippen LogP contribution is 2.44. The van der Waals surface area contributed by atoms with E-state index in [0.717, 1.165) is 10.6 Å². The minimum Gasteiger partial charge on any atom is -0.289 e. The van der Waals surface area contributed by atoms with Crippen molar-refractivity contribution in [1.82, 2.24) is 9.79 Å². The summed E-state index contributed by atoms with van der Waals surface area (Å²) in [6.45, 7) is -0.178. The summed E-state index contributed by atoms with van der Waals surface area (Å²) in [7, 11) is -7.40.